The van der Waals surface area contributed by atoms with Crippen LogP contribution in [0.5, 0.6) is 11.5 Å². The monoisotopic (exact) mass is 259 g/mol. The summed E-state index contributed by atoms with van der Waals surface area (Å²) in [4.78, 5) is 15.5. The fourth-order valence-electron chi connectivity index (χ4n) is 2.24. The van der Waals surface area contributed by atoms with Crippen molar-refractivity contribution in [2.24, 2.45) is 0 Å². The average molecular weight is 259 g/mol. The van der Waals surface area contributed by atoms with Crippen molar-refractivity contribution in [3.05, 3.63) is 34.1 Å². The van der Waals surface area contributed by atoms with E-state index in [1.54, 1.807) is 12.1 Å². The number of benzene rings is 1. The van der Waals surface area contributed by atoms with Crippen LogP contribution in [0, 0.1) is 0 Å². The SMILES string of the molecule is CC(C)c1cc(=O)c2cc3c(cc2[nH]1)OCCCO3. The summed E-state index contributed by atoms with van der Waals surface area (Å²) in [5.41, 5.74) is 1.76. The van der Waals surface area contributed by atoms with Crippen LogP contribution in [0.1, 0.15) is 31.9 Å². The molecule has 0 spiro atoms. The minimum atomic E-state index is 0.0214. The molecule has 0 bridgehead atoms. The van der Waals surface area contributed by atoms with E-state index < -0.39 is 0 Å². The van der Waals surface area contributed by atoms with Gasteiger partial charge < -0.3 is 14.5 Å². The molecular weight excluding hydrogens is 242 g/mol. The van der Waals surface area contributed by atoms with Gasteiger partial charge in [-0.3, -0.25) is 4.79 Å². The van der Waals surface area contributed by atoms with Gasteiger partial charge in [0.15, 0.2) is 16.9 Å². The molecule has 1 N–H and O–H groups in total. The van der Waals surface area contributed by atoms with E-state index in [1.807, 2.05) is 6.07 Å². The normalized spacial score (nSPS) is 14.7. The summed E-state index contributed by atoms with van der Waals surface area (Å²) in [6.45, 7) is 5.38. The Kier molecular flexibility index (Phi) is 2.93. The average Bonchev–Trinajstić information content (AvgIpc) is 2.61. The molecule has 1 aliphatic heterocycles. The van der Waals surface area contributed by atoms with Crippen molar-refractivity contribution in [3.8, 4) is 11.5 Å². The zero-order valence-electron chi connectivity index (χ0n) is 11.2. The fourth-order valence-corrected chi connectivity index (χ4v) is 2.24. The van der Waals surface area contributed by atoms with Gasteiger partial charge in [-0.05, 0) is 12.0 Å². The number of hydrogen-bond donors (Lipinski definition) is 1. The number of hydrogen-bond acceptors (Lipinski definition) is 3. The van der Waals surface area contributed by atoms with Crippen LogP contribution in [0.2, 0.25) is 0 Å². The van der Waals surface area contributed by atoms with Crippen molar-refractivity contribution in [3.63, 3.8) is 0 Å². The Labute approximate surface area is 111 Å². The van der Waals surface area contributed by atoms with Crippen LogP contribution in [0.4, 0.5) is 0 Å². The van der Waals surface area contributed by atoms with Crippen LogP contribution in [-0.2, 0) is 0 Å². The highest BCUT2D eigenvalue weighted by atomic mass is 16.5. The van der Waals surface area contributed by atoms with Crippen LogP contribution < -0.4 is 14.9 Å². The third-order valence-electron chi connectivity index (χ3n) is 3.34. The maximum absolute atomic E-state index is 12.2. The zero-order chi connectivity index (χ0) is 13.4. The number of rotatable bonds is 1. The Bertz CT molecular complexity index is 673. The molecule has 2 heterocycles. The van der Waals surface area contributed by atoms with Gasteiger partial charge in [-0.25, -0.2) is 0 Å². The molecule has 4 heteroatoms. The van der Waals surface area contributed by atoms with Gasteiger partial charge in [0, 0.05) is 29.6 Å². The van der Waals surface area contributed by atoms with Gasteiger partial charge in [-0.15, -0.1) is 0 Å². The quantitative estimate of drug-likeness (QED) is 0.856. The lowest BCUT2D eigenvalue weighted by molar-refractivity contribution is 0.297. The second kappa shape index (κ2) is 4.61. The molecule has 0 saturated carbocycles. The van der Waals surface area contributed by atoms with Crippen molar-refractivity contribution in [1.29, 1.82) is 0 Å². The van der Waals surface area contributed by atoms with Crippen molar-refractivity contribution < 1.29 is 9.47 Å². The maximum Gasteiger partial charge on any atom is 0.189 e. The molecule has 2 aromatic rings. The lowest BCUT2D eigenvalue weighted by Crippen LogP contribution is -2.07. The first-order chi connectivity index (χ1) is 9.15. The van der Waals surface area contributed by atoms with Crippen molar-refractivity contribution in [2.45, 2.75) is 26.2 Å². The molecule has 1 aliphatic rings. The Morgan fingerprint density at radius 3 is 2.47 bits per heavy atom. The largest absolute Gasteiger partial charge is 0.490 e. The Balaban J connectivity index is 2.23. The van der Waals surface area contributed by atoms with Gasteiger partial charge >= 0.3 is 0 Å². The van der Waals surface area contributed by atoms with E-state index in [4.69, 9.17) is 9.47 Å². The van der Waals surface area contributed by atoms with E-state index in [2.05, 4.69) is 18.8 Å². The number of ether oxygens (including phenoxy) is 2. The summed E-state index contributed by atoms with van der Waals surface area (Å²) in [7, 11) is 0. The minimum Gasteiger partial charge on any atom is -0.490 e. The van der Waals surface area contributed by atoms with Gasteiger partial charge in [0.05, 0.1) is 18.7 Å². The predicted octanol–water partition coefficient (Wildman–Crippen LogP) is 2.81. The number of fused-ring (bicyclic) bond motifs is 2. The summed E-state index contributed by atoms with van der Waals surface area (Å²) >= 11 is 0. The second-order valence-corrected chi connectivity index (χ2v) is 5.14. The summed E-state index contributed by atoms with van der Waals surface area (Å²) < 4.78 is 11.3. The third kappa shape index (κ3) is 2.18. The smallest absolute Gasteiger partial charge is 0.189 e. The first kappa shape index (κ1) is 12.1. The molecule has 3 rings (SSSR count). The first-order valence-corrected chi connectivity index (χ1v) is 6.62. The molecule has 1 aromatic heterocycles. The Morgan fingerprint density at radius 1 is 1.11 bits per heavy atom. The molecular formula is C15H17NO3. The topological polar surface area (TPSA) is 51.3 Å². The Hall–Kier alpha value is -1.97. The number of pyridine rings is 1. The van der Waals surface area contributed by atoms with Crippen molar-refractivity contribution >= 4 is 10.9 Å². The van der Waals surface area contributed by atoms with Crippen molar-refractivity contribution in [1.82, 2.24) is 4.98 Å². The summed E-state index contributed by atoms with van der Waals surface area (Å²) in [6.07, 6.45) is 0.857. The molecule has 0 fully saturated rings. The van der Waals surface area contributed by atoms with Gasteiger partial charge in [0.1, 0.15) is 0 Å². The summed E-state index contributed by atoms with van der Waals surface area (Å²) in [5, 5.41) is 0.647. The van der Waals surface area contributed by atoms with Gasteiger partial charge in [-0.2, -0.15) is 0 Å². The van der Waals surface area contributed by atoms with E-state index in [0.29, 0.717) is 30.1 Å². The standard InChI is InChI=1S/C15H17NO3/c1-9(2)11-7-13(17)10-6-14-15(8-12(10)16-11)19-5-3-4-18-14/h6-9H,3-5H2,1-2H3,(H,16,17). The maximum atomic E-state index is 12.2. The van der Waals surface area contributed by atoms with E-state index in [1.165, 1.54) is 0 Å². The number of nitrogens with one attached hydrogen (secondary N) is 1. The fraction of sp³-hybridized carbons (Fsp3) is 0.400. The predicted molar refractivity (Wildman–Crippen MR) is 74.3 cm³/mol. The molecule has 0 amide bonds. The molecule has 100 valence electrons. The van der Waals surface area contributed by atoms with Gasteiger partial charge in [0.25, 0.3) is 0 Å². The van der Waals surface area contributed by atoms with Crippen LogP contribution in [0.15, 0.2) is 23.0 Å². The van der Waals surface area contributed by atoms with E-state index in [0.717, 1.165) is 17.6 Å². The van der Waals surface area contributed by atoms with Gasteiger partial charge in [0.2, 0.25) is 0 Å². The van der Waals surface area contributed by atoms with Crippen LogP contribution >= 0.6 is 0 Å². The molecule has 4 nitrogen and oxygen atoms in total. The number of aromatic amines is 1. The minimum absolute atomic E-state index is 0.0214. The summed E-state index contributed by atoms with van der Waals surface area (Å²) in [6, 6.07) is 5.30. The molecule has 0 atom stereocenters. The van der Waals surface area contributed by atoms with E-state index in [-0.39, 0.29) is 11.3 Å². The molecule has 0 saturated heterocycles. The van der Waals surface area contributed by atoms with Crippen LogP contribution in [0.3, 0.4) is 0 Å². The zero-order valence-corrected chi connectivity index (χ0v) is 11.2. The molecule has 0 unspecified atom stereocenters. The molecule has 19 heavy (non-hydrogen) atoms. The second-order valence-electron chi connectivity index (χ2n) is 5.14. The lowest BCUT2D eigenvalue weighted by Gasteiger charge is -2.11. The third-order valence-corrected chi connectivity index (χ3v) is 3.34. The molecule has 1 aromatic carbocycles. The highest BCUT2D eigenvalue weighted by Crippen LogP contribution is 2.32. The van der Waals surface area contributed by atoms with E-state index >= 15 is 0 Å². The highest BCUT2D eigenvalue weighted by Gasteiger charge is 2.14. The van der Waals surface area contributed by atoms with Gasteiger partial charge in [-0.1, -0.05) is 13.8 Å². The summed E-state index contributed by atoms with van der Waals surface area (Å²) in [5.74, 6) is 1.66. The Morgan fingerprint density at radius 2 is 1.79 bits per heavy atom. The van der Waals surface area contributed by atoms with Crippen molar-refractivity contribution in [2.75, 3.05) is 13.2 Å². The van der Waals surface area contributed by atoms with E-state index in [9.17, 15) is 4.79 Å². The first-order valence-electron chi connectivity index (χ1n) is 6.62. The molecule has 0 aliphatic carbocycles. The van der Waals surface area contributed by atoms with Crippen LogP contribution in [-0.4, -0.2) is 18.2 Å². The number of aromatic nitrogens is 1. The lowest BCUT2D eigenvalue weighted by atomic mass is 10.1. The molecule has 0 radical (unpaired) electrons. The highest BCUT2D eigenvalue weighted by molar-refractivity contribution is 5.82. The van der Waals surface area contributed by atoms with Crippen LogP contribution in [0.25, 0.3) is 10.9 Å². The number of H-pyrrole nitrogens is 1.